The van der Waals surface area contributed by atoms with Crippen molar-refractivity contribution in [1.82, 2.24) is 15.5 Å². The first-order chi connectivity index (χ1) is 9.70. The highest BCUT2D eigenvalue weighted by molar-refractivity contribution is 5.24. The van der Waals surface area contributed by atoms with Crippen LogP contribution in [0.15, 0.2) is 4.42 Å². The van der Waals surface area contributed by atoms with Crippen molar-refractivity contribution >= 4 is 6.01 Å². The maximum atomic E-state index is 5.71. The molecule has 2 unspecified atom stereocenters. The number of nitrogens with zero attached hydrogens (tertiary/aromatic N) is 3. The van der Waals surface area contributed by atoms with Crippen LogP contribution in [-0.4, -0.2) is 43.5 Å². The second-order valence-electron chi connectivity index (χ2n) is 5.68. The minimum Gasteiger partial charge on any atom is -0.407 e. The van der Waals surface area contributed by atoms with E-state index < -0.39 is 0 Å². The van der Waals surface area contributed by atoms with Gasteiger partial charge in [0.1, 0.15) is 0 Å². The van der Waals surface area contributed by atoms with Crippen LogP contribution in [0.2, 0.25) is 0 Å². The molecule has 6 nitrogen and oxygen atoms in total. The van der Waals surface area contributed by atoms with Crippen LogP contribution in [0, 0.1) is 5.92 Å². The number of hydrogen-bond acceptors (Lipinski definition) is 6. The van der Waals surface area contributed by atoms with E-state index in [-0.39, 0.29) is 0 Å². The molecule has 20 heavy (non-hydrogen) atoms. The van der Waals surface area contributed by atoms with Gasteiger partial charge in [-0.3, -0.25) is 0 Å². The van der Waals surface area contributed by atoms with E-state index >= 15 is 0 Å². The molecule has 2 rings (SSSR count). The number of ether oxygens (including phenoxy) is 1. The van der Waals surface area contributed by atoms with Crippen molar-refractivity contribution in [2.24, 2.45) is 5.92 Å². The fourth-order valence-corrected chi connectivity index (χ4v) is 2.74. The van der Waals surface area contributed by atoms with Crippen molar-refractivity contribution in [3.05, 3.63) is 5.89 Å². The zero-order valence-electron chi connectivity index (χ0n) is 12.8. The Morgan fingerprint density at radius 2 is 2.25 bits per heavy atom. The third-order valence-electron chi connectivity index (χ3n) is 3.97. The highest BCUT2D eigenvalue weighted by Gasteiger charge is 2.25. The summed E-state index contributed by atoms with van der Waals surface area (Å²) in [6.07, 6.45) is 5.05. The monoisotopic (exact) mass is 282 g/mol. The summed E-state index contributed by atoms with van der Waals surface area (Å²) >= 11 is 0. The maximum absolute atomic E-state index is 5.71. The van der Waals surface area contributed by atoms with E-state index in [1.165, 1.54) is 25.7 Å². The smallest absolute Gasteiger partial charge is 0.318 e. The molecule has 1 aromatic rings. The van der Waals surface area contributed by atoms with Crippen molar-refractivity contribution in [2.75, 3.05) is 32.2 Å². The number of nitrogens with one attached hydrogen (secondary N) is 1. The summed E-state index contributed by atoms with van der Waals surface area (Å²) in [5, 5.41) is 11.4. The summed E-state index contributed by atoms with van der Waals surface area (Å²) in [7, 11) is 3.74. The van der Waals surface area contributed by atoms with Gasteiger partial charge in [-0.05, 0) is 18.8 Å². The highest BCUT2D eigenvalue weighted by atomic mass is 16.5. The normalized spacial score (nSPS) is 22.9. The van der Waals surface area contributed by atoms with E-state index in [0.29, 0.717) is 31.1 Å². The molecular formula is C14H26N4O2. The Morgan fingerprint density at radius 1 is 1.40 bits per heavy atom. The first-order valence-electron chi connectivity index (χ1n) is 7.45. The summed E-state index contributed by atoms with van der Waals surface area (Å²) in [5.74, 6) is 1.42. The first-order valence-corrected chi connectivity index (χ1v) is 7.45. The van der Waals surface area contributed by atoms with Crippen LogP contribution in [0.3, 0.4) is 0 Å². The molecule has 2 atom stereocenters. The molecule has 0 bridgehead atoms. The first kappa shape index (κ1) is 15.3. The fourth-order valence-electron chi connectivity index (χ4n) is 2.74. The standard InChI is InChI=1S/C14H26N4O2/c1-11-5-4-6-12(9-11)18(2)14-17-16-13(20-14)10-15-7-8-19-3/h11-12,15H,4-10H2,1-3H3. The molecule has 0 saturated heterocycles. The van der Waals surface area contributed by atoms with E-state index in [1.807, 2.05) is 0 Å². The molecule has 0 spiro atoms. The number of hydrogen-bond donors (Lipinski definition) is 1. The Hall–Kier alpha value is -1.14. The lowest BCUT2D eigenvalue weighted by atomic mass is 9.86. The molecular weight excluding hydrogens is 256 g/mol. The minimum absolute atomic E-state index is 0.522. The molecule has 0 radical (unpaired) electrons. The van der Waals surface area contributed by atoms with Crippen LogP contribution in [0.1, 0.15) is 38.5 Å². The number of anilines is 1. The van der Waals surface area contributed by atoms with Gasteiger partial charge in [0.05, 0.1) is 13.2 Å². The summed E-state index contributed by atoms with van der Waals surface area (Å²) in [4.78, 5) is 2.14. The summed E-state index contributed by atoms with van der Waals surface area (Å²) in [6, 6.07) is 1.15. The van der Waals surface area contributed by atoms with E-state index in [2.05, 4.69) is 34.4 Å². The Labute approximate surface area is 120 Å². The average molecular weight is 282 g/mol. The second-order valence-corrected chi connectivity index (χ2v) is 5.68. The van der Waals surface area contributed by atoms with Gasteiger partial charge >= 0.3 is 6.01 Å². The Morgan fingerprint density at radius 3 is 3.00 bits per heavy atom. The number of aromatic nitrogens is 2. The summed E-state index contributed by atoms with van der Waals surface area (Å²) < 4.78 is 10.7. The van der Waals surface area contributed by atoms with Gasteiger partial charge in [0, 0.05) is 26.7 Å². The Bertz CT molecular complexity index is 396. The van der Waals surface area contributed by atoms with Crippen molar-refractivity contribution in [3.63, 3.8) is 0 Å². The second kappa shape index (κ2) is 7.59. The summed E-state index contributed by atoms with van der Waals surface area (Å²) in [6.45, 7) is 4.37. The Balaban J connectivity index is 1.84. The van der Waals surface area contributed by atoms with E-state index in [1.54, 1.807) is 7.11 Å². The zero-order chi connectivity index (χ0) is 14.4. The molecule has 1 aromatic heterocycles. The molecule has 1 fully saturated rings. The van der Waals surface area contributed by atoms with E-state index in [4.69, 9.17) is 9.15 Å². The SMILES string of the molecule is COCCNCc1nnc(N(C)C2CCCC(C)C2)o1. The van der Waals surface area contributed by atoms with Crippen LogP contribution in [-0.2, 0) is 11.3 Å². The van der Waals surface area contributed by atoms with Gasteiger partial charge < -0.3 is 19.4 Å². The zero-order valence-corrected chi connectivity index (χ0v) is 12.8. The van der Waals surface area contributed by atoms with Crippen LogP contribution < -0.4 is 10.2 Å². The highest BCUT2D eigenvalue weighted by Crippen LogP contribution is 2.28. The lowest BCUT2D eigenvalue weighted by Crippen LogP contribution is -2.35. The lowest BCUT2D eigenvalue weighted by Gasteiger charge is -2.32. The van der Waals surface area contributed by atoms with Gasteiger partial charge in [0.25, 0.3) is 0 Å². The fraction of sp³-hybridized carbons (Fsp3) is 0.857. The molecule has 0 amide bonds. The minimum atomic E-state index is 0.522. The molecule has 1 aliphatic carbocycles. The van der Waals surface area contributed by atoms with Crippen LogP contribution >= 0.6 is 0 Å². The number of methoxy groups -OCH3 is 1. The van der Waals surface area contributed by atoms with Gasteiger partial charge in [-0.15, -0.1) is 5.10 Å². The van der Waals surface area contributed by atoms with Crippen molar-refractivity contribution in [3.8, 4) is 0 Å². The Kier molecular flexibility index (Phi) is 5.79. The predicted octanol–water partition coefficient (Wildman–Crippen LogP) is 1.82. The van der Waals surface area contributed by atoms with Crippen molar-refractivity contribution in [2.45, 2.75) is 45.2 Å². The molecule has 114 valence electrons. The van der Waals surface area contributed by atoms with Gasteiger partial charge in [-0.25, -0.2) is 0 Å². The van der Waals surface area contributed by atoms with Crippen molar-refractivity contribution < 1.29 is 9.15 Å². The summed E-state index contributed by atoms with van der Waals surface area (Å²) in [5.41, 5.74) is 0. The van der Waals surface area contributed by atoms with Gasteiger partial charge in [-0.1, -0.05) is 24.9 Å². The molecule has 1 aliphatic rings. The molecule has 0 aromatic carbocycles. The molecule has 1 saturated carbocycles. The van der Waals surface area contributed by atoms with Crippen LogP contribution in [0.25, 0.3) is 0 Å². The number of rotatable bonds is 7. The molecule has 6 heteroatoms. The third-order valence-corrected chi connectivity index (χ3v) is 3.97. The van der Waals surface area contributed by atoms with Crippen molar-refractivity contribution in [1.29, 1.82) is 0 Å². The molecule has 1 heterocycles. The maximum Gasteiger partial charge on any atom is 0.318 e. The average Bonchev–Trinajstić information content (AvgIpc) is 2.91. The largest absolute Gasteiger partial charge is 0.407 e. The van der Waals surface area contributed by atoms with Gasteiger partial charge in [-0.2, -0.15) is 0 Å². The lowest BCUT2D eigenvalue weighted by molar-refractivity contribution is 0.198. The van der Waals surface area contributed by atoms with E-state index in [9.17, 15) is 0 Å². The van der Waals surface area contributed by atoms with Gasteiger partial charge in [0.2, 0.25) is 5.89 Å². The van der Waals surface area contributed by atoms with Crippen LogP contribution in [0.4, 0.5) is 6.01 Å². The quantitative estimate of drug-likeness (QED) is 0.770. The van der Waals surface area contributed by atoms with Gasteiger partial charge in [0.15, 0.2) is 0 Å². The molecule has 1 N–H and O–H groups in total. The van der Waals surface area contributed by atoms with E-state index in [0.717, 1.165) is 12.5 Å². The van der Waals surface area contributed by atoms with Crippen LogP contribution in [0.5, 0.6) is 0 Å². The predicted molar refractivity (Wildman–Crippen MR) is 77.7 cm³/mol. The third kappa shape index (κ3) is 4.18. The topological polar surface area (TPSA) is 63.4 Å². The molecule has 0 aliphatic heterocycles.